The third-order valence-corrected chi connectivity index (χ3v) is 13.4. The zero-order chi connectivity index (χ0) is 43.2. The van der Waals surface area contributed by atoms with Crippen molar-refractivity contribution in [2.75, 3.05) is 18.6 Å². The highest BCUT2D eigenvalue weighted by Crippen LogP contribution is 2.50. The van der Waals surface area contributed by atoms with Crippen molar-refractivity contribution in [1.82, 2.24) is 0 Å². The first-order chi connectivity index (χ1) is 29.9. The van der Waals surface area contributed by atoms with Crippen LogP contribution in [0.15, 0.2) is 120 Å². The molecule has 4 aliphatic carbocycles. The van der Waals surface area contributed by atoms with Crippen molar-refractivity contribution in [3.63, 3.8) is 0 Å². The monoisotopic (exact) mass is 823 g/mol. The summed E-state index contributed by atoms with van der Waals surface area (Å²) >= 11 is 0. The first kappa shape index (κ1) is 48.1. The lowest BCUT2D eigenvalue weighted by molar-refractivity contribution is 0.139. The van der Waals surface area contributed by atoms with Crippen LogP contribution in [0.25, 0.3) is 5.57 Å². The summed E-state index contributed by atoms with van der Waals surface area (Å²) < 4.78 is 6.32. The van der Waals surface area contributed by atoms with Crippen molar-refractivity contribution in [2.45, 2.75) is 169 Å². The summed E-state index contributed by atoms with van der Waals surface area (Å²) in [6.45, 7) is 12.0. The average molecular weight is 823 g/mol. The van der Waals surface area contributed by atoms with Crippen LogP contribution in [0.4, 0.5) is 5.69 Å². The Morgan fingerprint density at radius 3 is 2.21 bits per heavy atom. The van der Waals surface area contributed by atoms with E-state index in [2.05, 4.69) is 137 Å². The maximum Gasteiger partial charge on any atom is 0.108 e. The van der Waals surface area contributed by atoms with Gasteiger partial charge in [-0.1, -0.05) is 169 Å². The van der Waals surface area contributed by atoms with Crippen LogP contribution in [0.2, 0.25) is 0 Å². The molecule has 0 aromatic heterocycles. The molecule has 4 aliphatic rings. The van der Waals surface area contributed by atoms with E-state index in [1.807, 2.05) is 13.2 Å². The molecule has 0 saturated heterocycles. The molecular weight excluding hydrogens is 741 g/mol. The molecule has 1 N–H and O–H groups in total. The number of aryl methyl sites for hydroxylation is 2. The fourth-order valence-electron chi connectivity index (χ4n) is 9.64. The highest BCUT2D eigenvalue weighted by Gasteiger charge is 2.35. The Hall–Kier alpha value is -3.95. The van der Waals surface area contributed by atoms with Crippen molar-refractivity contribution < 1.29 is 4.74 Å². The standard InChI is InChI=1S/C47H66N2O.C11H16/c1-5-8-11-12-13-14-17-39(30-31-48)35-49(41-25-22-37(23-26-41)16-10-7-3)42-27-29-44-43-28-24-40(33-45(43)47(50-4)46(44)34-42)32-38-20-18-36(19-21-38)15-9-6-2;1-3-4-5-11-8-6-10(2)7-9-11/h13-14,18,20-22,25,27-31,33-34,36-37,40-41,47-48H,5-12,15-17,19,23-24,26,32,35H2,1-4H3;6-9H,3-5H2,1-2H3/b14-13?,39-30+,48-31?;. The van der Waals surface area contributed by atoms with Crippen molar-refractivity contribution in [2.24, 2.45) is 17.8 Å². The lowest BCUT2D eigenvalue weighted by atomic mass is 9.83. The first-order valence-electron chi connectivity index (χ1n) is 24.7. The van der Waals surface area contributed by atoms with Gasteiger partial charge in [0.25, 0.3) is 0 Å². The maximum atomic E-state index is 7.97. The van der Waals surface area contributed by atoms with Gasteiger partial charge in [-0.05, 0) is 153 Å². The number of allylic oxidation sites excluding steroid dienone is 10. The van der Waals surface area contributed by atoms with E-state index in [9.17, 15) is 0 Å². The van der Waals surface area contributed by atoms with E-state index in [4.69, 9.17) is 10.1 Å². The molecule has 0 radical (unpaired) electrons. The third-order valence-electron chi connectivity index (χ3n) is 13.4. The van der Waals surface area contributed by atoms with Crippen LogP contribution in [0.5, 0.6) is 0 Å². The van der Waals surface area contributed by atoms with Crippen LogP contribution in [-0.2, 0) is 11.2 Å². The predicted molar refractivity (Wildman–Crippen MR) is 267 cm³/mol. The number of hydrogen-bond donors (Lipinski definition) is 1. The largest absolute Gasteiger partial charge is 0.372 e. The molecule has 3 nitrogen and oxygen atoms in total. The molecule has 61 heavy (non-hydrogen) atoms. The van der Waals surface area contributed by atoms with Gasteiger partial charge in [0.1, 0.15) is 6.10 Å². The van der Waals surface area contributed by atoms with Gasteiger partial charge >= 0.3 is 0 Å². The van der Waals surface area contributed by atoms with Crippen LogP contribution in [-0.4, -0.2) is 25.9 Å². The Balaban J connectivity index is 0.000000556. The molecule has 330 valence electrons. The van der Waals surface area contributed by atoms with Crippen molar-refractivity contribution in [3.05, 3.63) is 142 Å². The third kappa shape index (κ3) is 14.8. The number of nitrogens with one attached hydrogen (secondary N) is 1. The summed E-state index contributed by atoms with van der Waals surface area (Å²) in [6, 6.07) is 16.3. The Bertz CT molecular complexity index is 1850. The van der Waals surface area contributed by atoms with E-state index in [1.54, 1.807) is 0 Å². The minimum Gasteiger partial charge on any atom is -0.372 e. The van der Waals surface area contributed by atoms with Gasteiger partial charge in [0.2, 0.25) is 0 Å². The van der Waals surface area contributed by atoms with Gasteiger partial charge in [-0.3, -0.25) is 0 Å². The van der Waals surface area contributed by atoms with Crippen LogP contribution >= 0.6 is 0 Å². The zero-order valence-electron chi connectivity index (χ0n) is 39.3. The summed E-state index contributed by atoms with van der Waals surface area (Å²) in [6.07, 6.45) is 48.8. The molecule has 0 bridgehead atoms. The smallest absolute Gasteiger partial charge is 0.108 e. The molecular formula is C58H82N2O. The second-order valence-corrected chi connectivity index (χ2v) is 18.4. The van der Waals surface area contributed by atoms with E-state index in [0.717, 1.165) is 38.1 Å². The molecule has 2 aromatic rings. The second kappa shape index (κ2) is 26.5. The SMILES string of the molecule is CCCCCC=CC/C(=C\C=N)CN(c1ccc2c(c1)C(OC)C1=CC(CC3=CCC(CCCC)C=C3)CC=C12)C1C=CC(CCCC)CC1.CCCCc1ccc(C)cc1. The maximum absolute atomic E-state index is 7.97. The number of anilines is 1. The van der Waals surface area contributed by atoms with Crippen LogP contribution < -0.4 is 4.90 Å². The molecule has 0 saturated carbocycles. The van der Waals surface area contributed by atoms with E-state index in [0.29, 0.717) is 17.9 Å². The first-order valence-corrected chi connectivity index (χ1v) is 24.7. The minimum absolute atomic E-state index is 0.0295. The average Bonchev–Trinajstić information content (AvgIpc) is 3.60. The minimum atomic E-state index is -0.0295. The van der Waals surface area contributed by atoms with Crippen molar-refractivity contribution in [1.29, 1.82) is 5.41 Å². The Kier molecular flexibility index (Phi) is 20.9. The van der Waals surface area contributed by atoms with Gasteiger partial charge in [0, 0.05) is 31.6 Å². The molecule has 0 heterocycles. The molecule has 0 aliphatic heterocycles. The fourth-order valence-corrected chi connectivity index (χ4v) is 9.64. The van der Waals surface area contributed by atoms with Gasteiger partial charge < -0.3 is 15.0 Å². The number of nitrogens with zero attached hydrogens (tertiary/aromatic N) is 1. The summed E-state index contributed by atoms with van der Waals surface area (Å²) in [4.78, 5) is 2.61. The van der Waals surface area contributed by atoms with E-state index < -0.39 is 0 Å². The predicted octanol–water partition coefficient (Wildman–Crippen LogP) is 16.6. The van der Waals surface area contributed by atoms with Crippen LogP contribution in [0.3, 0.4) is 0 Å². The molecule has 2 aromatic carbocycles. The fraction of sp³-hybridized carbons (Fsp3) is 0.534. The molecule has 3 heteroatoms. The molecule has 5 atom stereocenters. The number of methoxy groups -OCH3 is 1. The van der Waals surface area contributed by atoms with Gasteiger partial charge in [0.05, 0.1) is 0 Å². The topological polar surface area (TPSA) is 36.3 Å². The number of fused-ring (bicyclic) bond motifs is 3. The van der Waals surface area contributed by atoms with Crippen molar-refractivity contribution >= 4 is 17.5 Å². The van der Waals surface area contributed by atoms with Gasteiger partial charge in [-0.15, -0.1) is 0 Å². The van der Waals surface area contributed by atoms with E-state index >= 15 is 0 Å². The number of hydrogen-bond acceptors (Lipinski definition) is 3. The Morgan fingerprint density at radius 1 is 0.787 bits per heavy atom. The zero-order valence-corrected chi connectivity index (χ0v) is 39.3. The molecule has 0 amide bonds. The quantitative estimate of drug-likeness (QED) is 0.0688. The summed E-state index contributed by atoms with van der Waals surface area (Å²) in [5.41, 5.74) is 12.3. The number of rotatable bonds is 23. The molecule has 5 unspecified atom stereocenters. The Morgan fingerprint density at radius 2 is 1.54 bits per heavy atom. The van der Waals surface area contributed by atoms with Gasteiger partial charge in [0.15, 0.2) is 0 Å². The lowest BCUT2D eigenvalue weighted by Crippen LogP contribution is -2.37. The lowest BCUT2D eigenvalue weighted by Gasteiger charge is -2.36. The Labute approximate surface area is 373 Å². The second-order valence-electron chi connectivity index (χ2n) is 18.4. The highest BCUT2D eigenvalue weighted by molar-refractivity contribution is 5.89. The number of ether oxygens (including phenoxy) is 1. The number of unbranched alkanes of at least 4 members (excludes halogenated alkanes) is 6. The van der Waals surface area contributed by atoms with Gasteiger partial charge in [-0.2, -0.15) is 0 Å². The normalized spacial score (nSPS) is 21.9. The van der Waals surface area contributed by atoms with Crippen molar-refractivity contribution in [3.8, 4) is 0 Å². The van der Waals surface area contributed by atoms with Crippen LogP contribution in [0, 0.1) is 30.1 Å². The van der Waals surface area contributed by atoms with Crippen LogP contribution in [0.1, 0.15) is 172 Å². The highest BCUT2D eigenvalue weighted by atomic mass is 16.5. The summed E-state index contributed by atoms with van der Waals surface area (Å²) in [7, 11) is 1.88. The molecule has 0 spiro atoms. The van der Waals surface area contributed by atoms with E-state index in [1.165, 1.54) is 153 Å². The molecule has 6 rings (SSSR count). The van der Waals surface area contributed by atoms with E-state index in [-0.39, 0.29) is 6.10 Å². The number of benzene rings is 2. The summed E-state index contributed by atoms with van der Waals surface area (Å²) in [5.74, 6) is 1.93. The molecule has 0 fully saturated rings. The van der Waals surface area contributed by atoms with Gasteiger partial charge in [-0.25, -0.2) is 0 Å². The summed E-state index contributed by atoms with van der Waals surface area (Å²) in [5, 5.41) is 7.97.